The number of rotatable bonds is 4. The molecule has 106 valence electrons. The Kier molecular flexibility index (Phi) is 4.23. The lowest BCUT2D eigenvalue weighted by atomic mass is 10.2. The fraction of sp³-hybridized carbons (Fsp3) is 0.375. The Morgan fingerprint density at radius 2 is 2.00 bits per heavy atom. The highest BCUT2D eigenvalue weighted by Crippen LogP contribution is 2.15. The number of aromatic nitrogens is 1. The van der Waals surface area contributed by atoms with Crippen LogP contribution >= 0.6 is 0 Å². The van der Waals surface area contributed by atoms with E-state index in [2.05, 4.69) is 10.3 Å². The molecule has 1 N–H and O–H groups in total. The number of pyridine rings is 1. The van der Waals surface area contributed by atoms with Crippen molar-refractivity contribution >= 4 is 5.91 Å². The van der Waals surface area contributed by atoms with E-state index in [1.54, 1.807) is 6.07 Å². The molecular weight excluding hydrogens is 252 g/mol. The van der Waals surface area contributed by atoms with Crippen LogP contribution in [0.1, 0.15) is 45.8 Å². The number of nitrogens with zero attached hydrogens (tertiary/aromatic N) is 1. The van der Waals surface area contributed by atoms with Gasteiger partial charge in [-0.3, -0.25) is 9.78 Å². The van der Waals surface area contributed by atoms with Crippen LogP contribution in [0.5, 0.6) is 0 Å². The standard InChI is InChI=1S/C16H20N2O2/c1-5-14-11(3)8-15(20-14)16(19)17-9-13-7-6-10(2)12(4)18-13/h6-8H,5,9H2,1-4H3,(H,17,19). The minimum absolute atomic E-state index is 0.201. The molecule has 2 aromatic heterocycles. The van der Waals surface area contributed by atoms with Crippen molar-refractivity contribution < 1.29 is 9.21 Å². The third kappa shape index (κ3) is 3.07. The van der Waals surface area contributed by atoms with Crippen LogP contribution < -0.4 is 5.32 Å². The van der Waals surface area contributed by atoms with Crippen molar-refractivity contribution in [3.05, 3.63) is 52.2 Å². The van der Waals surface area contributed by atoms with Crippen LogP contribution in [0.25, 0.3) is 0 Å². The Bertz CT molecular complexity index is 629. The maximum absolute atomic E-state index is 12.0. The van der Waals surface area contributed by atoms with E-state index in [1.165, 1.54) is 0 Å². The van der Waals surface area contributed by atoms with Crippen LogP contribution in [0.4, 0.5) is 0 Å². The van der Waals surface area contributed by atoms with E-state index >= 15 is 0 Å². The van der Waals surface area contributed by atoms with Crippen molar-refractivity contribution in [2.75, 3.05) is 0 Å². The summed E-state index contributed by atoms with van der Waals surface area (Å²) >= 11 is 0. The third-order valence-electron chi connectivity index (χ3n) is 3.40. The van der Waals surface area contributed by atoms with E-state index in [-0.39, 0.29) is 5.91 Å². The summed E-state index contributed by atoms with van der Waals surface area (Å²) in [6.07, 6.45) is 0.790. The number of nitrogens with one attached hydrogen (secondary N) is 1. The minimum atomic E-state index is -0.201. The summed E-state index contributed by atoms with van der Waals surface area (Å²) in [5.41, 5.74) is 4.00. The average Bonchev–Trinajstić information content (AvgIpc) is 2.81. The molecule has 0 saturated heterocycles. The lowest BCUT2D eigenvalue weighted by Crippen LogP contribution is -2.23. The molecule has 0 aliphatic heterocycles. The van der Waals surface area contributed by atoms with Crippen LogP contribution in [-0.4, -0.2) is 10.9 Å². The molecule has 20 heavy (non-hydrogen) atoms. The molecule has 0 radical (unpaired) electrons. The number of carbonyl (C=O) groups excluding carboxylic acids is 1. The number of aryl methyl sites for hydroxylation is 4. The second-order valence-corrected chi connectivity index (χ2v) is 4.96. The normalized spacial score (nSPS) is 10.6. The quantitative estimate of drug-likeness (QED) is 0.930. The van der Waals surface area contributed by atoms with E-state index < -0.39 is 0 Å². The Labute approximate surface area is 119 Å². The lowest BCUT2D eigenvalue weighted by Gasteiger charge is -2.05. The average molecular weight is 272 g/mol. The van der Waals surface area contributed by atoms with Gasteiger partial charge in [0.25, 0.3) is 5.91 Å². The lowest BCUT2D eigenvalue weighted by molar-refractivity contribution is 0.0921. The number of furan rings is 1. The Balaban J connectivity index is 2.02. The highest BCUT2D eigenvalue weighted by atomic mass is 16.4. The van der Waals surface area contributed by atoms with Crippen molar-refractivity contribution in [2.24, 2.45) is 0 Å². The zero-order valence-corrected chi connectivity index (χ0v) is 12.4. The first-order valence-corrected chi connectivity index (χ1v) is 6.82. The molecule has 0 bridgehead atoms. The van der Waals surface area contributed by atoms with Gasteiger partial charge in [-0.1, -0.05) is 13.0 Å². The van der Waals surface area contributed by atoms with Gasteiger partial charge in [-0.25, -0.2) is 0 Å². The van der Waals surface area contributed by atoms with Crippen molar-refractivity contribution in [1.82, 2.24) is 10.3 Å². The summed E-state index contributed by atoms with van der Waals surface area (Å²) in [6, 6.07) is 5.71. The summed E-state index contributed by atoms with van der Waals surface area (Å²) in [7, 11) is 0. The Morgan fingerprint density at radius 1 is 1.25 bits per heavy atom. The molecule has 0 aromatic carbocycles. The zero-order valence-electron chi connectivity index (χ0n) is 12.4. The largest absolute Gasteiger partial charge is 0.456 e. The smallest absolute Gasteiger partial charge is 0.287 e. The molecule has 2 heterocycles. The summed E-state index contributed by atoms with van der Waals surface area (Å²) in [6.45, 7) is 8.34. The van der Waals surface area contributed by atoms with Crippen molar-refractivity contribution in [3.8, 4) is 0 Å². The predicted octanol–water partition coefficient (Wildman–Crippen LogP) is 3.09. The van der Waals surface area contributed by atoms with E-state index in [0.29, 0.717) is 12.3 Å². The first-order chi connectivity index (χ1) is 9.51. The first-order valence-electron chi connectivity index (χ1n) is 6.82. The molecule has 2 rings (SSSR count). The maximum Gasteiger partial charge on any atom is 0.287 e. The molecule has 0 aliphatic carbocycles. The van der Waals surface area contributed by atoms with Gasteiger partial charge in [0.1, 0.15) is 5.76 Å². The van der Waals surface area contributed by atoms with Gasteiger partial charge in [-0.2, -0.15) is 0 Å². The second-order valence-electron chi connectivity index (χ2n) is 4.96. The monoisotopic (exact) mass is 272 g/mol. The third-order valence-corrected chi connectivity index (χ3v) is 3.40. The predicted molar refractivity (Wildman–Crippen MR) is 77.7 cm³/mol. The molecule has 0 spiro atoms. The minimum Gasteiger partial charge on any atom is -0.456 e. The van der Waals surface area contributed by atoms with E-state index in [0.717, 1.165) is 34.7 Å². The van der Waals surface area contributed by atoms with Gasteiger partial charge < -0.3 is 9.73 Å². The van der Waals surface area contributed by atoms with E-state index in [4.69, 9.17) is 4.42 Å². The second kappa shape index (κ2) is 5.90. The summed E-state index contributed by atoms with van der Waals surface area (Å²) in [4.78, 5) is 16.5. The summed E-state index contributed by atoms with van der Waals surface area (Å²) in [5, 5.41) is 2.83. The Hall–Kier alpha value is -2.10. The first kappa shape index (κ1) is 14.3. The van der Waals surface area contributed by atoms with Crippen LogP contribution in [0.3, 0.4) is 0 Å². The van der Waals surface area contributed by atoms with Gasteiger partial charge >= 0.3 is 0 Å². The van der Waals surface area contributed by atoms with Crippen LogP contribution in [0.2, 0.25) is 0 Å². The van der Waals surface area contributed by atoms with Crippen molar-refractivity contribution in [2.45, 2.75) is 40.7 Å². The van der Waals surface area contributed by atoms with Gasteiger partial charge in [0.2, 0.25) is 0 Å². The molecule has 2 aromatic rings. The highest BCUT2D eigenvalue weighted by molar-refractivity contribution is 5.91. The molecule has 0 aliphatic rings. The maximum atomic E-state index is 12.0. The molecular formula is C16H20N2O2. The van der Waals surface area contributed by atoms with Crippen LogP contribution in [-0.2, 0) is 13.0 Å². The SMILES string of the molecule is CCc1oc(C(=O)NCc2ccc(C)c(C)n2)cc1C. The van der Waals surface area contributed by atoms with Gasteiger partial charge in [0, 0.05) is 12.1 Å². The fourth-order valence-corrected chi connectivity index (χ4v) is 2.02. The summed E-state index contributed by atoms with van der Waals surface area (Å²) in [5.74, 6) is 1.02. The summed E-state index contributed by atoms with van der Waals surface area (Å²) < 4.78 is 5.52. The van der Waals surface area contributed by atoms with Crippen LogP contribution in [0, 0.1) is 20.8 Å². The topological polar surface area (TPSA) is 55.1 Å². The van der Waals surface area contributed by atoms with E-state index in [9.17, 15) is 4.79 Å². The Morgan fingerprint density at radius 3 is 2.60 bits per heavy atom. The van der Waals surface area contributed by atoms with Gasteiger partial charge in [0.05, 0.1) is 12.2 Å². The molecule has 1 amide bonds. The number of hydrogen-bond acceptors (Lipinski definition) is 3. The van der Waals surface area contributed by atoms with Gasteiger partial charge in [-0.15, -0.1) is 0 Å². The highest BCUT2D eigenvalue weighted by Gasteiger charge is 2.13. The molecule has 4 nitrogen and oxygen atoms in total. The number of amides is 1. The number of carbonyl (C=O) groups is 1. The molecule has 0 fully saturated rings. The van der Waals surface area contributed by atoms with Crippen molar-refractivity contribution in [1.29, 1.82) is 0 Å². The van der Waals surface area contributed by atoms with Crippen LogP contribution in [0.15, 0.2) is 22.6 Å². The van der Waals surface area contributed by atoms with Crippen molar-refractivity contribution in [3.63, 3.8) is 0 Å². The van der Waals surface area contributed by atoms with Gasteiger partial charge in [0.15, 0.2) is 5.76 Å². The molecule has 4 heteroatoms. The fourth-order valence-electron chi connectivity index (χ4n) is 2.02. The van der Waals surface area contributed by atoms with E-state index in [1.807, 2.05) is 39.8 Å². The number of hydrogen-bond donors (Lipinski definition) is 1. The molecule has 0 atom stereocenters. The molecule has 0 saturated carbocycles. The zero-order chi connectivity index (χ0) is 14.7. The van der Waals surface area contributed by atoms with Gasteiger partial charge in [-0.05, 0) is 44.0 Å². The molecule has 0 unspecified atom stereocenters.